The van der Waals surface area contributed by atoms with Gasteiger partial charge in [0.2, 0.25) is 0 Å². The van der Waals surface area contributed by atoms with Gasteiger partial charge in [-0.25, -0.2) is 9.78 Å². The molecule has 0 saturated heterocycles. The zero-order valence-corrected chi connectivity index (χ0v) is 14.0. The number of nitrogens with one attached hydrogen (secondary N) is 1. The number of aromatic nitrogens is 2. The van der Waals surface area contributed by atoms with Crippen molar-refractivity contribution in [2.45, 2.75) is 13.8 Å². The van der Waals surface area contributed by atoms with E-state index in [0.29, 0.717) is 33.4 Å². The Bertz CT molecular complexity index is 915. The summed E-state index contributed by atoms with van der Waals surface area (Å²) in [4.78, 5) is 33.3. The highest BCUT2D eigenvalue weighted by molar-refractivity contribution is 7.17. The third kappa shape index (κ3) is 3.11. The van der Waals surface area contributed by atoms with E-state index in [1.54, 1.807) is 32.2 Å². The lowest BCUT2D eigenvalue weighted by Crippen LogP contribution is -2.12. The number of carbonyl (C=O) groups excluding carboxylic acids is 2. The quantitative estimate of drug-likeness (QED) is 0.735. The number of para-hydroxylation sites is 1. The maximum Gasteiger partial charge on any atom is 0.350 e. The summed E-state index contributed by atoms with van der Waals surface area (Å²) in [5.41, 5.74) is 1.61. The molecule has 24 heavy (non-hydrogen) atoms. The van der Waals surface area contributed by atoms with Crippen molar-refractivity contribution in [3.8, 4) is 0 Å². The number of carbonyl (C=O) groups is 2. The Morgan fingerprint density at radius 2 is 2.04 bits per heavy atom. The molecule has 2 heterocycles. The van der Waals surface area contributed by atoms with Gasteiger partial charge in [0.25, 0.3) is 5.91 Å². The van der Waals surface area contributed by atoms with Crippen LogP contribution >= 0.6 is 11.3 Å². The Balaban J connectivity index is 1.87. The second kappa shape index (κ2) is 6.76. The van der Waals surface area contributed by atoms with Crippen LogP contribution in [-0.2, 0) is 4.74 Å². The van der Waals surface area contributed by atoms with Gasteiger partial charge in [0.15, 0.2) is 5.13 Å². The molecule has 1 amide bonds. The van der Waals surface area contributed by atoms with E-state index in [4.69, 9.17) is 4.74 Å². The monoisotopic (exact) mass is 341 g/mol. The highest BCUT2D eigenvalue weighted by atomic mass is 32.1. The highest BCUT2D eigenvalue weighted by Gasteiger charge is 2.18. The van der Waals surface area contributed by atoms with E-state index in [0.717, 1.165) is 16.7 Å². The minimum Gasteiger partial charge on any atom is -0.462 e. The number of esters is 1. The largest absolute Gasteiger partial charge is 0.462 e. The summed E-state index contributed by atoms with van der Waals surface area (Å²) in [7, 11) is 0. The van der Waals surface area contributed by atoms with Crippen molar-refractivity contribution in [1.82, 2.24) is 9.97 Å². The van der Waals surface area contributed by atoms with E-state index in [-0.39, 0.29) is 5.91 Å². The van der Waals surface area contributed by atoms with Crippen molar-refractivity contribution in [1.29, 1.82) is 0 Å². The van der Waals surface area contributed by atoms with Crippen LogP contribution in [0.2, 0.25) is 0 Å². The molecule has 2 aromatic heterocycles. The number of thiazole rings is 1. The zero-order valence-electron chi connectivity index (χ0n) is 13.2. The number of rotatable bonds is 4. The van der Waals surface area contributed by atoms with Crippen LogP contribution in [-0.4, -0.2) is 28.5 Å². The van der Waals surface area contributed by atoms with Gasteiger partial charge in [-0.2, -0.15) is 0 Å². The molecule has 0 fully saturated rings. The molecule has 1 N–H and O–H groups in total. The molecular weight excluding hydrogens is 326 g/mol. The number of ether oxygens (including phenoxy) is 1. The number of fused-ring (bicyclic) bond motifs is 1. The lowest BCUT2D eigenvalue weighted by Gasteiger charge is -2.05. The third-order valence-electron chi connectivity index (χ3n) is 3.36. The fraction of sp³-hybridized carbons (Fsp3) is 0.176. The molecule has 0 atom stereocenters. The van der Waals surface area contributed by atoms with Gasteiger partial charge in [-0.1, -0.05) is 29.5 Å². The first-order chi connectivity index (χ1) is 11.6. The molecule has 6 nitrogen and oxygen atoms in total. The van der Waals surface area contributed by atoms with Gasteiger partial charge in [0, 0.05) is 11.6 Å². The molecule has 0 bridgehead atoms. The molecule has 0 unspecified atom stereocenters. The van der Waals surface area contributed by atoms with Crippen LogP contribution in [0.15, 0.2) is 36.5 Å². The lowest BCUT2D eigenvalue weighted by atomic mass is 10.1. The molecule has 0 aliphatic heterocycles. The normalized spacial score (nSPS) is 10.6. The Labute approximate surface area is 142 Å². The summed E-state index contributed by atoms with van der Waals surface area (Å²) >= 11 is 1.10. The van der Waals surface area contributed by atoms with Crippen molar-refractivity contribution in [2.75, 3.05) is 11.9 Å². The van der Waals surface area contributed by atoms with E-state index in [9.17, 15) is 9.59 Å². The average molecular weight is 341 g/mol. The number of benzene rings is 1. The maximum absolute atomic E-state index is 12.5. The molecule has 0 radical (unpaired) electrons. The van der Waals surface area contributed by atoms with Crippen molar-refractivity contribution >= 4 is 39.2 Å². The second-order valence-corrected chi connectivity index (χ2v) is 5.99. The van der Waals surface area contributed by atoms with Crippen molar-refractivity contribution in [3.63, 3.8) is 0 Å². The van der Waals surface area contributed by atoms with Gasteiger partial charge in [0.1, 0.15) is 4.88 Å². The average Bonchev–Trinajstić information content (AvgIpc) is 2.95. The summed E-state index contributed by atoms with van der Waals surface area (Å²) in [5, 5.41) is 3.97. The summed E-state index contributed by atoms with van der Waals surface area (Å²) in [6.07, 6.45) is 1.64. The number of anilines is 1. The third-order valence-corrected chi connectivity index (χ3v) is 4.41. The van der Waals surface area contributed by atoms with Gasteiger partial charge in [0.05, 0.1) is 23.4 Å². The minimum absolute atomic E-state index is 0.291. The Kier molecular flexibility index (Phi) is 4.52. The van der Waals surface area contributed by atoms with Gasteiger partial charge in [-0.05, 0) is 26.0 Å². The van der Waals surface area contributed by atoms with E-state index >= 15 is 0 Å². The van der Waals surface area contributed by atoms with E-state index in [1.807, 2.05) is 18.2 Å². The van der Waals surface area contributed by atoms with Crippen LogP contribution in [0, 0.1) is 6.92 Å². The smallest absolute Gasteiger partial charge is 0.350 e. The van der Waals surface area contributed by atoms with Gasteiger partial charge in [-0.15, -0.1) is 0 Å². The standard InChI is InChI=1S/C17H15N3O3S/c1-3-23-16(22)14-10(2)19-17(24-14)20-15(21)12-8-4-6-11-7-5-9-18-13(11)12/h4-9H,3H2,1-2H3,(H,19,20,21). The molecule has 122 valence electrons. The first-order valence-corrected chi connectivity index (χ1v) is 8.21. The lowest BCUT2D eigenvalue weighted by molar-refractivity contribution is 0.0531. The summed E-state index contributed by atoms with van der Waals surface area (Å²) in [6, 6.07) is 9.12. The maximum atomic E-state index is 12.5. The zero-order chi connectivity index (χ0) is 17.1. The molecule has 0 aliphatic rings. The van der Waals surface area contributed by atoms with Crippen molar-refractivity contribution < 1.29 is 14.3 Å². The Morgan fingerprint density at radius 1 is 1.25 bits per heavy atom. The highest BCUT2D eigenvalue weighted by Crippen LogP contribution is 2.25. The summed E-state index contributed by atoms with van der Waals surface area (Å²) < 4.78 is 4.98. The van der Waals surface area contributed by atoms with Gasteiger partial charge in [-0.3, -0.25) is 15.1 Å². The van der Waals surface area contributed by atoms with Gasteiger partial charge >= 0.3 is 5.97 Å². The van der Waals surface area contributed by atoms with Gasteiger partial charge < -0.3 is 4.74 Å². The topological polar surface area (TPSA) is 81.2 Å². The van der Waals surface area contributed by atoms with Crippen LogP contribution in [0.3, 0.4) is 0 Å². The predicted molar refractivity (Wildman–Crippen MR) is 92.5 cm³/mol. The minimum atomic E-state index is -0.431. The van der Waals surface area contributed by atoms with E-state index in [1.165, 1.54) is 0 Å². The first kappa shape index (κ1) is 16.1. The number of hydrogen-bond donors (Lipinski definition) is 1. The number of hydrogen-bond acceptors (Lipinski definition) is 6. The fourth-order valence-electron chi connectivity index (χ4n) is 2.29. The van der Waals surface area contributed by atoms with Crippen molar-refractivity contribution in [3.05, 3.63) is 52.7 Å². The van der Waals surface area contributed by atoms with E-state index in [2.05, 4.69) is 15.3 Å². The predicted octanol–water partition coefficient (Wildman–Crippen LogP) is 3.43. The van der Waals surface area contributed by atoms with Crippen LogP contribution in [0.5, 0.6) is 0 Å². The van der Waals surface area contributed by atoms with E-state index < -0.39 is 5.97 Å². The Hall–Kier alpha value is -2.80. The summed E-state index contributed by atoms with van der Waals surface area (Å²) in [5.74, 6) is -0.747. The SMILES string of the molecule is CCOC(=O)c1sc(NC(=O)c2cccc3cccnc23)nc1C. The molecule has 3 aromatic rings. The summed E-state index contributed by atoms with van der Waals surface area (Å²) in [6.45, 7) is 3.74. The second-order valence-electron chi connectivity index (χ2n) is 4.99. The number of amides is 1. The van der Waals surface area contributed by atoms with Crippen molar-refractivity contribution in [2.24, 2.45) is 0 Å². The fourth-order valence-corrected chi connectivity index (χ4v) is 3.14. The Morgan fingerprint density at radius 3 is 2.83 bits per heavy atom. The molecule has 1 aromatic carbocycles. The molecule has 0 saturated carbocycles. The number of nitrogens with zero attached hydrogens (tertiary/aromatic N) is 2. The van der Waals surface area contributed by atoms with Crippen LogP contribution < -0.4 is 5.32 Å². The molecule has 0 spiro atoms. The molecule has 3 rings (SSSR count). The molecule has 7 heteroatoms. The number of aryl methyl sites for hydroxylation is 1. The van der Waals surface area contributed by atoms with Crippen LogP contribution in [0.1, 0.15) is 32.6 Å². The van der Waals surface area contributed by atoms with Crippen LogP contribution in [0.25, 0.3) is 10.9 Å². The first-order valence-electron chi connectivity index (χ1n) is 7.39. The number of pyridine rings is 1. The molecular formula is C17H15N3O3S. The molecule has 0 aliphatic carbocycles. The van der Waals surface area contributed by atoms with Crippen LogP contribution in [0.4, 0.5) is 5.13 Å².